The van der Waals surface area contributed by atoms with Crippen LogP contribution in [0, 0.1) is 6.92 Å². The molecule has 4 heteroatoms. The molecule has 3 aromatic rings. The van der Waals surface area contributed by atoms with E-state index in [0.29, 0.717) is 0 Å². The van der Waals surface area contributed by atoms with Gasteiger partial charge in [-0.25, -0.2) is 4.98 Å². The maximum absolute atomic E-state index is 4.85. The third-order valence-electron chi connectivity index (χ3n) is 3.26. The molecule has 2 aromatic carbocycles. The Hall–Kier alpha value is -1.10. The summed E-state index contributed by atoms with van der Waals surface area (Å²) in [5, 5.41) is 1.07. The number of aromatic nitrogens is 1. The molecule has 0 bridgehead atoms. The SMILES string of the molecule is CSc1ccc(-c2nc(-c3ccccc3Br)c(C)s2)cc1. The van der Waals surface area contributed by atoms with Crippen molar-refractivity contribution in [1.29, 1.82) is 0 Å². The second kappa shape index (κ2) is 6.34. The zero-order chi connectivity index (χ0) is 14.8. The molecule has 0 spiro atoms. The lowest BCUT2D eigenvalue weighted by Crippen LogP contribution is -1.83. The van der Waals surface area contributed by atoms with Crippen LogP contribution in [0.4, 0.5) is 0 Å². The molecule has 0 amide bonds. The minimum absolute atomic E-state index is 1.07. The standard InChI is InChI=1S/C17H14BrNS2/c1-11-16(14-5-3-4-6-15(14)18)19-17(21-11)12-7-9-13(20-2)10-8-12/h3-10H,1-2H3. The predicted octanol–water partition coefficient (Wildman–Crippen LogP) is 6.27. The first-order valence-electron chi connectivity index (χ1n) is 6.56. The van der Waals surface area contributed by atoms with Gasteiger partial charge in [-0.3, -0.25) is 0 Å². The Kier molecular flexibility index (Phi) is 4.48. The number of hydrogen-bond acceptors (Lipinski definition) is 3. The Morgan fingerprint density at radius 3 is 2.43 bits per heavy atom. The molecule has 0 saturated carbocycles. The zero-order valence-corrected chi connectivity index (χ0v) is 15.0. The first-order valence-corrected chi connectivity index (χ1v) is 9.39. The highest BCUT2D eigenvalue weighted by atomic mass is 79.9. The molecular formula is C17H14BrNS2. The van der Waals surface area contributed by atoms with E-state index >= 15 is 0 Å². The summed E-state index contributed by atoms with van der Waals surface area (Å²) in [7, 11) is 0. The molecule has 0 aliphatic carbocycles. The summed E-state index contributed by atoms with van der Waals surface area (Å²) in [5.41, 5.74) is 3.40. The molecule has 0 fully saturated rings. The van der Waals surface area contributed by atoms with Gasteiger partial charge < -0.3 is 0 Å². The van der Waals surface area contributed by atoms with Gasteiger partial charge in [0.15, 0.2) is 0 Å². The van der Waals surface area contributed by atoms with Crippen LogP contribution in [0.15, 0.2) is 57.9 Å². The van der Waals surface area contributed by atoms with Crippen LogP contribution in [-0.2, 0) is 0 Å². The van der Waals surface area contributed by atoms with Crippen LogP contribution >= 0.6 is 39.0 Å². The highest BCUT2D eigenvalue weighted by Gasteiger charge is 2.13. The number of benzene rings is 2. The molecular weight excluding hydrogens is 362 g/mol. The van der Waals surface area contributed by atoms with Crippen LogP contribution in [0.3, 0.4) is 0 Å². The van der Waals surface area contributed by atoms with Crippen molar-refractivity contribution in [3.05, 3.63) is 57.9 Å². The van der Waals surface area contributed by atoms with E-state index in [1.54, 1.807) is 23.1 Å². The maximum Gasteiger partial charge on any atom is 0.124 e. The largest absolute Gasteiger partial charge is 0.236 e. The van der Waals surface area contributed by atoms with E-state index in [1.165, 1.54) is 15.3 Å². The van der Waals surface area contributed by atoms with E-state index in [1.807, 2.05) is 12.1 Å². The Bertz CT molecular complexity index is 763. The van der Waals surface area contributed by atoms with Crippen molar-refractivity contribution in [3.63, 3.8) is 0 Å². The molecule has 1 nitrogen and oxygen atoms in total. The highest BCUT2D eigenvalue weighted by molar-refractivity contribution is 9.10. The van der Waals surface area contributed by atoms with Gasteiger partial charge in [0.05, 0.1) is 5.69 Å². The van der Waals surface area contributed by atoms with Crippen LogP contribution in [0.1, 0.15) is 4.88 Å². The van der Waals surface area contributed by atoms with Crippen molar-refractivity contribution in [1.82, 2.24) is 4.98 Å². The fourth-order valence-corrected chi connectivity index (χ4v) is 3.97. The lowest BCUT2D eigenvalue weighted by molar-refractivity contribution is 1.36. The van der Waals surface area contributed by atoms with Crippen molar-refractivity contribution in [2.45, 2.75) is 11.8 Å². The van der Waals surface area contributed by atoms with E-state index < -0.39 is 0 Å². The smallest absolute Gasteiger partial charge is 0.124 e. The third-order valence-corrected chi connectivity index (χ3v) is 5.72. The van der Waals surface area contributed by atoms with E-state index in [2.05, 4.69) is 65.5 Å². The topological polar surface area (TPSA) is 12.9 Å². The molecule has 0 aliphatic heterocycles. The molecule has 0 N–H and O–H groups in total. The summed E-state index contributed by atoms with van der Waals surface area (Å²) in [6.45, 7) is 2.13. The second-order valence-corrected chi connectivity index (χ2v) is 7.57. The third kappa shape index (κ3) is 3.07. The van der Waals surface area contributed by atoms with Crippen LogP contribution in [-0.4, -0.2) is 11.2 Å². The first-order chi connectivity index (χ1) is 10.2. The molecule has 0 atom stereocenters. The molecule has 21 heavy (non-hydrogen) atoms. The normalized spacial score (nSPS) is 10.8. The summed E-state index contributed by atoms with van der Waals surface area (Å²) in [4.78, 5) is 7.37. The summed E-state index contributed by atoms with van der Waals surface area (Å²) >= 11 is 7.12. The monoisotopic (exact) mass is 375 g/mol. The molecule has 0 unspecified atom stereocenters. The average Bonchev–Trinajstić information content (AvgIpc) is 2.90. The van der Waals surface area contributed by atoms with Gasteiger partial charge in [-0.2, -0.15) is 0 Å². The lowest BCUT2D eigenvalue weighted by Gasteiger charge is -2.01. The fourth-order valence-electron chi connectivity index (χ4n) is 2.16. The molecule has 0 radical (unpaired) electrons. The number of thioether (sulfide) groups is 1. The molecule has 106 valence electrons. The van der Waals surface area contributed by atoms with Crippen molar-refractivity contribution < 1.29 is 0 Å². The highest BCUT2D eigenvalue weighted by Crippen LogP contribution is 2.36. The molecule has 1 aromatic heterocycles. The van der Waals surface area contributed by atoms with Crippen LogP contribution in [0.2, 0.25) is 0 Å². The number of aryl methyl sites for hydroxylation is 1. The van der Waals surface area contributed by atoms with E-state index in [-0.39, 0.29) is 0 Å². The van der Waals surface area contributed by atoms with Crippen LogP contribution in [0.5, 0.6) is 0 Å². The number of halogens is 1. The summed E-state index contributed by atoms with van der Waals surface area (Å²) < 4.78 is 1.09. The van der Waals surface area contributed by atoms with Crippen molar-refractivity contribution >= 4 is 39.0 Å². The molecule has 0 saturated heterocycles. The Labute approximate surface area is 141 Å². The number of rotatable bonds is 3. The van der Waals surface area contributed by atoms with Gasteiger partial charge in [-0.15, -0.1) is 23.1 Å². The van der Waals surface area contributed by atoms with Gasteiger partial charge in [-0.1, -0.05) is 46.3 Å². The van der Waals surface area contributed by atoms with E-state index in [9.17, 15) is 0 Å². The second-order valence-electron chi connectivity index (χ2n) is 4.63. The van der Waals surface area contributed by atoms with Gasteiger partial charge in [0.1, 0.15) is 5.01 Å². The summed E-state index contributed by atoms with van der Waals surface area (Å²) in [6, 6.07) is 16.8. The number of hydrogen-bond donors (Lipinski definition) is 0. The fraction of sp³-hybridized carbons (Fsp3) is 0.118. The van der Waals surface area contributed by atoms with Gasteiger partial charge in [-0.05, 0) is 31.4 Å². The maximum atomic E-state index is 4.85. The minimum atomic E-state index is 1.07. The lowest BCUT2D eigenvalue weighted by atomic mass is 10.1. The zero-order valence-electron chi connectivity index (χ0n) is 11.8. The van der Waals surface area contributed by atoms with Crippen molar-refractivity contribution in [3.8, 4) is 21.8 Å². The van der Waals surface area contributed by atoms with Gasteiger partial charge in [0.25, 0.3) is 0 Å². The predicted molar refractivity (Wildman–Crippen MR) is 97.2 cm³/mol. The Balaban J connectivity index is 2.03. The summed E-state index contributed by atoms with van der Waals surface area (Å²) in [6.07, 6.45) is 2.09. The number of nitrogens with zero attached hydrogens (tertiary/aromatic N) is 1. The number of thiazole rings is 1. The van der Waals surface area contributed by atoms with Crippen molar-refractivity contribution in [2.24, 2.45) is 0 Å². The molecule has 0 aliphatic rings. The Morgan fingerprint density at radius 2 is 1.76 bits per heavy atom. The molecule has 3 rings (SSSR count). The van der Waals surface area contributed by atoms with Crippen LogP contribution < -0.4 is 0 Å². The van der Waals surface area contributed by atoms with Gasteiger partial charge >= 0.3 is 0 Å². The minimum Gasteiger partial charge on any atom is -0.236 e. The van der Waals surface area contributed by atoms with Crippen LogP contribution in [0.25, 0.3) is 21.8 Å². The van der Waals surface area contributed by atoms with Crippen molar-refractivity contribution in [2.75, 3.05) is 6.26 Å². The van der Waals surface area contributed by atoms with E-state index in [4.69, 9.17) is 4.98 Å². The molecule has 1 heterocycles. The summed E-state index contributed by atoms with van der Waals surface area (Å²) in [5.74, 6) is 0. The van der Waals surface area contributed by atoms with E-state index in [0.717, 1.165) is 20.7 Å². The van der Waals surface area contributed by atoms with Gasteiger partial charge in [0.2, 0.25) is 0 Å². The average molecular weight is 376 g/mol. The quantitative estimate of drug-likeness (QED) is 0.500. The first kappa shape index (κ1) is 14.8. The Morgan fingerprint density at radius 1 is 1.05 bits per heavy atom. The van der Waals surface area contributed by atoms with Gasteiger partial charge in [0, 0.05) is 25.4 Å².